The van der Waals surface area contributed by atoms with Crippen molar-refractivity contribution < 1.29 is 4.79 Å². The summed E-state index contributed by atoms with van der Waals surface area (Å²) in [7, 11) is 0. The van der Waals surface area contributed by atoms with E-state index >= 15 is 0 Å². The molecule has 1 atom stereocenters. The maximum atomic E-state index is 12.6. The lowest BCUT2D eigenvalue weighted by atomic mass is 9.99. The van der Waals surface area contributed by atoms with E-state index in [1.54, 1.807) is 22.7 Å². The summed E-state index contributed by atoms with van der Waals surface area (Å²) in [4.78, 5) is 23.0. The highest BCUT2D eigenvalue weighted by molar-refractivity contribution is 7.20. The van der Waals surface area contributed by atoms with Crippen LogP contribution in [0.2, 0.25) is 0 Å². The van der Waals surface area contributed by atoms with Gasteiger partial charge in [0.15, 0.2) is 0 Å². The fraction of sp³-hybridized carbons (Fsp3) is 0.529. The zero-order valence-corrected chi connectivity index (χ0v) is 14.7. The molecule has 122 valence electrons. The fourth-order valence-electron chi connectivity index (χ4n) is 3.55. The van der Waals surface area contributed by atoms with Gasteiger partial charge in [-0.1, -0.05) is 12.5 Å². The molecule has 2 fully saturated rings. The molecule has 2 aliphatic rings. The molecule has 0 aromatic carbocycles. The second kappa shape index (κ2) is 6.71. The molecule has 2 aromatic heterocycles. The third kappa shape index (κ3) is 3.34. The number of fused-ring (bicyclic) bond motifs is 1. The molecule has 0 unspecified atom stereocenters. The van der Waals surface area contributed by atoms with Gasteiger partial charge in [-0.15, -0.1) is 22.7 Å². The van der Waals surface area contributed by atoms with Crippen LogP contribution in [-0.2, 0) is 11.2 Å². The van der Waals surface area contributed by atoms with Crippen molar-refractivity contribution in [2.24, 2.45) is 0 Å². The van der Waals surface area contributed by atoms with Gasteiger partial charge in [-0.05, 0) is 30.8 Å². The Morgan fingerprint density at radius 2 is 2.22 bits per heavy atom. The third-order valence-corrected chi connectivity index (χ3v) is 6.74. The van der Waals surface area contributed by atoms with Gasteiger partial charge >= 0.3 is 0 Å². The molecule has 4 heterocycles. The summed E-state index contributed by atoms with van der Waals surface area (Å²) in [5, 5.41) is 5.12. The van der Waals surface area contributed by atoms with E-state index in [1.807, 2.05) is 11.4 Å². The van der Waals surface area contributed by atoms with E-state index in [4.69, 9.17) is 0 Å². The molecule has 0 bridgehead atoms. The monoisotopic (exact) mass is 347 g/mol. The summed E-state index contributed by atoms with van der Waals surface area (Å²) in [6.45, 7) is 4.02. The standard InChI is InChI=1S/C17H21N3OS2/c21-16(20-8-7-19-6-2-1-4-14(19)11-20)10-13-12-23-17(18-13)15-5-3-9-22-15/h3,5,9,12,14H,1-2,4,6-8,10-11H2/t14-/m0/s1. The molecule has 2 saturated heterocycles. The fourth-order valence-corrected chi connectivity index (χ4v) is 5.18. The van der Waals surface area contributed by atoms with Gasteiger partial charge in [0.25, 0.3) is 0 Å². The van der Waals surface area contributed by atoms with Crippen LogP contribution in [0.3, 0.4) is 0 Å². The van der Waals surface area contributed by atoms with Gasteiger partial charge in [-0.25, -0.2) is 4.98 Å². The van der Waals surface area contributed by atoms with E-state index in [0.717, 1.165) is 30.3 Å². The number of thiazole rings is 1. The first-order chi connectivity index (χ1) is 11.3. The topological polar surface area (TPSA) is 36.4 Å². The molecule has 0 saturated carbocycles. The maximum Gasteiger partial charge on any atom is 0.228 e. The van der Waals surface area contributed by atoms with Crippen LogP contribution < -0.4 is 0 Å². The normalized spacial score (nSPS) is 22.1. The van der Waals surface area contributed by atoms with Gasteiger partial charge < -0.3 is 4.90 Å². The van der Waals surface area contributed by atoms with Crippen molar-refractivity contribution in [2.75, 3.05) is 26.2 Å². The minimum atomic E-state index is 0.234. The van der Waals surface area contributed by atoms with Crippen LogP contribution in [0, 0.1) is 0 Å². The summed E-state index contributed by atoms with van der Waals surface area (Å²) in [6, 6.07) is 4.70. The number of piperidine rings is 1. The van der Waals surface area contributed by atoms with E-state index < -0.39 is 0 Å². The first kappa shape index (κ1) is 15.3. The molecule has 23 heavy (non-hydrogen) atoms. The maximum absolute atomic E-state index is 12.6. The van der Waals surface area contributed by atoms with Crippen LogP contribution in [0.25, 0.3) is 9.88 Å². The Kier molecular flexibility index (Phi) is 4.46. The van der Waals surface area contributed by atoms with Crippen molar-refractivity contribution in [3.8, 4) is 9.88 Å². The van der Waals surface area contributed by atoms with E-state index in [0.29, 0.717) is 12.5 Å². The molecule has 0 aliphatic carbocycles. The summed E-state index contributed by atoms with van der Waals surface area (Å²) < 4.78 is 0. The average molecular weight is 348 g/mol. The number of piperazine rings is 1. The smallest absolute Gasteiger partial charge is 0.228 e. The Balaban J connectivity index is 1.38. The molecule has 0 N–H and O–H groups in total. The average Bonchev–Trinajstić information content (AvgIpc) is 3.25. The van der Waals surface area contributed by atoms with Crippen LogP contribution in [0.5, 0.6) is 0 Å². The van der Waals surface area contributed by atoms with E-state index in [9.17, 15) is 4.79 Å². The van der Waals surface area contributed by atoms with Gasteiger partial charge in [-0.3, -0.25) is 9.69 Å². The number of aromatic nitrogens is 1. The van der Waals surface area contributed by atoms with E-state index in [-0.39, 0.29) is 5.91 Å². The number of carbonyl (C=O) groups is 1. The number of rotatable bonds is 3. The largest absolute Gasteiger partial charge is 0.340 e. The molecule has 1 amide bonds. The minimum Gasteiger partial charge on any atom is -0.340 e. The first-order valence-electron chi connectivity index (χ1n) is 8.30. The molecule has 2 aliphatic heterocycles. The predicted octanol–water partition coefficient (Wildman–Crippen LogP) is 3.11. The molecular formula is C17H21N3OS2. The zero-order valence-electron chi connectivity index (χ0n) is 13.1. The molecular weight excluding hydrogens is 326 g/mol. The highest BCUT2D eigenvalue weighted by Crippen LogP contribution is 2.28. The number of hydrogen-bond acceptors (Lipinski definition) is 5. The van der Waals surface area contributed by atoms with Gasteiger partial charge in [0, 0.05) is 31.1 Å². The van der Waals surface area contributed by atoms with Crippen molar-refractivity contribution in [3.63, 3.8) is 0 Å². The van der Waals surface area contributed by atoms with Gasteiger partial charge in [0.1, 0.15) is 5.01 Å². The summed E-state index contributed by atoms with van der Waals surface area (Å²) in [5.41, 5.74) is 0.912. The Hall–Kier alpha value is -1.24. The highest BCUT2D eigenvalue weighted by Gasteiger charge is 2.31. The predicted molar refractivity (Wildman–Crippen MR) is 94.9 cm³/mol. The molecule has 4 nitrogen and oxygen atoms in total. The summed E-state index contributed by atoms with van der Waals surface area (Å²) >= 11 is 3.33. The van der Waals surface area contributed by atoms with Crippen LogP contribution in [0.15, 0.2) is 22.9 Å². The van der Waals surface area contributed by atoms with Crippen LogP contribution in [-0.4, -0.2) is 52.9 Å². The van der Waals surface area contributed by atoms with Crippen LogP contribution in [0.4, 0.5) is 0 Å². The molecule has 4 rings (SSSR count). The molecule has 6 heteroatoms. The van der Waals surface area contributed by atoms with E-state index in [1.165, 1.54) is 30.7 Å². The Bertz CT molecular complexity index is 667. The lowest BCUT2D eigenvalue weighted by molar-refractivity contribution is -0.134. The summed E-state index contributed by atoms with van der Waals surface area (Å²) in [6.07, 6.45) is 4.30. The number of amides is 1. The lowest BCUT2D eigenvalue weighted by Crippen LogP contribution is -2.56. The molecule has 0 spiro atoms. The second-order valence-corrected chi connectivity index (χ2v) is 8.13. The minimum absolute atomic E-state index is 0.234. The molecule has 0 radical (unpaired) electrons. The number of hydrogen-bond donors (Lipinski definition) is 0. The Morgan fingerprint density at radius 1 is 1.26 bits per heavy atom. The highest BCUT2D eigenvalue weighted by atomic mass is 32.1. The zero-order chi connectivity index (χ0) is 15.6. The first-order valence-corrected chi connectivity index (χ1v) is 10.1. The van der Waals surface area contributed by atoms with Crippen LogP contribution >= 0.6 is 22.7 Å². The van der Waals surface area contributed by atoms with Gasteiger partial charge in [0.05, 0.1) is 17.0 Å². The van der Waals surface area contributed by atoms with Crippen molar-refractivity contribution in [1.29, 1.82) is 0 Å². The van der Waals surface area contributed by atoms with Gasteiger partial charge in [-0.2, -0.15) is 0 Å². The Labute approximate surface area is 144 Å². The Morgan fingerprint density at radius 3 is 3.09 bits per heavy atom. The number of carbonyl (C=O) groups excluding carboxylic acids is 1. The van der Waals surface area contributed by atoms with Crippen molar-refractivity contribution in [1.82, 2.24) is 14.8 Å². The van der Waals surface area contributed by atoms with Crippen molar-refractivity contribution in [2.45, 2.75) is 31.7 Å². The van der Waals surface area contributed by atoms with E-state index in [2.05, 4.69) is 26.2 Å². The number of thiophene rings is 1. The molecule has 2 aromatic rings. The van der Waals surface area contributed by atoms with Crippen molar-refractivity contribution in [3.05, 3.63) is 28.6 Å². The summed E-state index contributed by atoms with van der Waals surface area (Å²) in [5.74, 6) is 0.234. The SMILES string of the molecule is O=C(Cc1csc(-c2cccs2)n1)N1CCN2CCCC[C@H]2C1. The van der Waals surface area contributed by atoms with Crippen molar-refractivity contribution >= 4 is 28.6 Å². The van der Waals surface area contributed by atoms with Gasteiger partial charge in [0.2, 0.25) is 5.91 Å². The second-order valence-electron chi connectivity index (χ2n) is 6.32. The third-order valence-electron chi connectivity index (χ3n) is 4.81. The lowest BCUT2D eigenvalue weighted by Gasteiger charge is -2.44. The van der Waals surface area contributed by atoms with Crippen LogP contribution in [0.1, 0.15) is 25.0 Å². The quantitative estimate of drug-likeness (QED) is 0.856. The number of nitrogens with zero attached hydrogens (tertiary/aromatic N) is 3.